The number of carbonyl (C=O) groups excluding carboxylic acids is 2. The molecule has 0 aromatic carbocycles. The lowest BCUT2D eigenvalue weighted by Crippen LogP contribution is -2.52. The Kier molecular flexibility index (Phi) is 6.43. The fraction of sp³-hybridized carbons (Fsp3) is 0.667. The molecule has 1 atom stereocenters. The summed E-state index contributed by atoms with van der Waals surface area (Å²) in [5, 5.41) is 4.12. The first-order chi connectivity index (χ1) is 15.2. The van der Waals surface area contributed by atoms with E-state index in [4.69, 9.17) is 9.47 Å². The Hall–Kier alpha value is -2.22. The van der Waals surface area contributed by atoms with Gasteiger partial charge in [0.1, 0.15) is 29.1 Å². The maximum absolute atomic E-state index is 12.4. The number of nitrogens with zero attached hydrogens (tertiary/aromatic N) is 2. The molecule has 8 heteroatoms. The Balaban J connectivity index is 1.46. The van der Waals surface area contributed by atoms with Gasteiger partial charge in [0.25, 0.3) is 0 Å². The molecule has 32 heavy (non-hydrogen) atoms. The molecule has 0 radical (unpaired) electrons. The molecular formula is C24H33N3O4S. The summed E-state index contributed by atoms with van der Waals surface area (Å²) >= 11 is 1.70. The van der Waals surface area contributed by atoms with Crippen molar-refractivity contribution < 1.29 is 19.1 Å². The van der Waals surface area contributed by atoms with Gasteiger partial charge in [-0.2, -0.15) is 0 Å². The molecule has 0 saturated heterocycles. The van der Waals surface area contributed by atoms with E-state index in [0.717, 1.165) is 61.4 Å². The van der Waals surface area contributed by atoms with E-state index in [1.165, 1.54) is 10.4 Å². The molecule has 1 fully saturated rings. The summed E-state index contributed by atoms with van der Waals surface area (Å²) in [5.74, 6) is 0.876. The molecule has 2 aromatic rings. The molecular weight excluding hydrogens is 426 g/mol. The van der Waals surface area contributed by atoms with Gasteiger partial charge in [-0.1, -0.05) is 6.92 Å². The van der Waals surface area contributed by atoms with Crippen molar-refractivity contribution in [2.75, 3.05) is 0 Å². The molecule has 2 aliphatic rings. The molecule has 2 aliphatic carbocycles. The number of thiophene rings is 1. The smallest absolute Gasteiger partial charge is 0.408 e. The van der Waals surface area contributed by atoms with E-state index in [9.17, 15) is 9.59 Å². The Morgan fingerprint density at radius 1 is 1.28 bits per heavy atom. The van der Waals surface area contributed by atoms with Crippen LogP contribution in [0.2, 0.25) is 0 Å². The summed E-state index contributed by atoms with van der Waals surface area (Å²) < 4.78 is 11.9. The van der Waals surface area contributed by atoms with Crippen molar-refractivity contribution in [1.29, 1.82) is 0 Å². The Morgan fingerprint density at radius 2 is 2.03 bits per heavy atom. The summed E-state index contributed by atoms with van der Waals surface area (Å²) in [6, 6.07) is 0. The van der Waals surface area contributed by atoms with Gasteiger partial charge in [-0.15, -0.1) is 11.3 Å². The van der Waals surface area contributed by atoms with Gasteiger partial charge in [0.05, 0.1) is 5.39 Å². The van der Waals surface area contributed by atoms with Crippen LogP contribution >= 0.6 is 11.3 Å². The SMILES string of the molecule is CCC1(NC(=O)OC(C)(C)C)CCC(Oc2ncnc3sc4c(c23)C(CC=O)CC4)CC1. The van der Waals surface area contributed by atoms with Crippen LogP contribution in [0.25, 0.3) is 10.2 Å². The van der Waals surface area contributed by atoms with E-state index >= 15 is 0 Å². The second-order valence-corrected chi connectivity index (χ2v) is 11.1. The zero-order chi connectivity index (χ0) is 22.9. The van der Waals surface area contributed by atoms with Gasteiger partial charge >= 0.3 is 6.09 Å². The molecule has 1 saturated carbocycles. The van der Waals surface area contributed by atoms with Gasteiger partial charge in [-0.3, -0.25) is 0 Å². The van der Waals surface area contributed by atoms with Gasteiger partial charge in [0, 0.05) is 16.8 Å². The number of alkyl carbamates (subject to hydrolysis) is 1. The number of carbonyl (C=O) groups is 2. The van der Waals surface area contributed by atoms with Gasteiger partial charge < -0.3 is 19.6 Å². The first kappa shape index (κ1) is 23.0. The number of aryl methyl sites for hydroxylation is 1. The Bertz CT molecular complexity index is 989. The van der Waals surface area contributed by atoms with Gasteiger partial charge in [-0.05, 0) is 77.2 Å². The largest absolute Gasteiger partial charge is 0.474 e. The molecule has 2 aromatic heterocycles. The molecule has 0 bridgehead atoms. The number of rotatable bonds is 6. The lowest BCUT2D eigenvalue weighted by molar-refractivity contribution is -0.108. The molecule has 0 spiro atoms. The van der Waals surface area contributed by atoms with Gasteiger partial charge in [-0.25, -0.2) is 14.8 Å². The maximum atomic E-state index is 12.4. The molecule has 1 N–H and O–H groups in total. The molecule has 174 valence electrons. The van der Waals surface area contributed by atoms with Crippen LogP contribution in [0.5, 0.6) is 5.88 Å². The minimum Gasteiger partial charge on any atom is -0.474 e. The summed E-state index contributed by atoms with van der Waals surface area (Å²) in [6.45, 7) is 7.73. The van der Waals surface area contributed by atoms with Crippen molar-refractivity contribution >= 4 is 33.9 Å². The van der Waals surface area contributed by atoms with E-state index < -0.39 is 5.60 Å². The highest BCUT2D eigenvalue weighted by Crippen LogP contribution is 2.47. The van der Waals surface area contributed by atoms with Crippen molar-refractivity contribution in [2.45, 2.75) is 102 Å². The number of hydrogen-bond acceptors (Lipinski definition) is 7. The molecule has 2 heterocycles. The third-order valence-electron chi connectivity index (χ3n) is 6.69. The third-order valence-corrected chi connectivity index (χ3v) is 7.86. The predicted octanol–water partition coefficient (Wildman–Crippen LogP) is 5.31. The second-order valence-electron chi connectivity index (χ2n) is 10.0. The molecule has 0 aliphatic heterocycles. The van der Waals surface area contributed by atoms with Gasteiger partial charge in [0.15, 0.2) is 0 Å². The first-order valence-electron chi connectivity index (χ1n) is 11.6. The summed E-state index contributed by atoms with van der Waals surface area (Å²) in [4.78, 5) is 34.8. The van der Waals surface area contributed by atoms with Gasteiger partial charge in [0.2, 0.25) is 5.88 Å². The Morgan fingerprint density at radius 3 is 2.69 bits per heavy atom. The fourth-order valence-electron chi connectivity index (χ4n) is 4.99. The summed E-state index contributed by atoms with van der Waals surface area (Å²) in [7, 11) is 0. The van der Waals surface area contributed by atoms with Crippen LogP contribution in [0.3, 0.4) is 0 Å². The number of aldehydes is 1. The molecule has 1 unspecified atom stereocenters. The monoisotopic (exact) mass is 459 g/mol. The second kappa shape index (κ2) is 8.96. The highest BCUT2D eigenvalue weighted by Gasteiger charge is 2.38. The zero-order valence-corrected chi connectivity index (χ0v) is 20.2. The number of aromatic nitrogens is 2. The minimum atomic E-state index is -0.514. The quantitative estimate of drug-likeness (QED) is 0.589. The first-order valence-corrected chi connectivity index (χ1v) is 12.4. The molecule has 1 amide bonds. The van der Waals surface area contributed by atoms with Crippen molar-refractivity contribution in [3.8, 4) is 5.88 Å². The summed E-state index contributed by atoms with van der Waals surface area (Å²) in [5.41, 5.74) is 0.445. The lowest BCUT2D eigenvalue weighted by atomic mass is 9.78. The lowest BCUT2D eigenvalue weighted by Gasteiger charge is -2.40. The minimum absolute atomic E-state index is 0.0367. The number of amides is 1. The third kappa shape index (κ3) is 4.75. The normalized spacial score (nSPS) is 25.4. The zero-order valence-electron chi connectivity index (χ0n) is 19.4. The highest BCUT2D eigenvalue weighted by molar-refractivity contribution is 7.19. The molecule has 7 nitrogen and oxygen atoms in total. The van der Waals surface area contributed by atoms with Crippen LogP contribution in [0, 0.1) is 0 Å². The van der Waals surface area contributed by atoms with Crippen LogP contribution in [0.1, 0.15) is 89.0 Å². The summed E-state index contributed by atoms with van der Waals surface area (Å²) in [6.07, 6.45) is 8.97. The highest BCUT2D eigenvalue weighted by atomic mass is 32.1. The van der Waals surface area contributed by atoms with Crippen LogP contribution in [-0.2, 0) is 16.0 Å². The van der Waals surface area contributed by atoms with E-state index in [2.05, 4.69) is 22.2 Å². The van der Waals surface area contributed by atoms with Crippen molar-refractivity contribution in [3.05, 3.63) is 16.8 Å². The fourth-order valence-corrected chi connectivity index (χ4v) is 6.22. The van der Waals surface area contributed by atoms with Crippen LogP contribution in [-0.4, -0.2) is 39.6 Å². The number of nitrogens with one attached hydrogen (secondary N) is 1. The average Bonchev–Trinajstić information content (AvgIpc) is 3.28. The van der Waals surface area contributed by atoms with E-state index in [-0.39, 0.29) is 23.7 Å². The predicted molar refractivity (Wildman–Crippen MR) is 124 cm³/mol. The van der Waals surface area contributed by atoms with Crippen molar-refractivity contribution in [2.24, 2.45) is 0 Å². The van der Waals surface area contributed by atoms with Crippen molar-refractivity contribution in [1.82, 2.24) is 15.3 Å². The van der Waals surface area contributed by atoms with E-state index in [0.29, 0.717) is 12.3 Å². The number of ether oxygens (including phenoxy) is 2. The van der Waals surface area contributed by atoms with Crippen molar-refractivity contribution in [3.63, 3.8) is 0 Å². The van der Waals surface area contributed by atoms with E-state index in [1.807, 2.05) is 20.8 Å². The number of fused-ring (bicyclic) bond motifs is 3. The Labute approximate surface area is 193 Å². The van der Waals surface area contributed by atoms with Crippen LogP contribution in [0.4, 0.5) is 4.79 Å². The standard InChI is InChI=1S/C24H33N3O4S/c1-5-24(27-22(29)31-23(2,3)4)11-8-16(9-12-24)30-20-19-18-15(10-13-28)6-7-17(18)32-21(19)26-14-25-20/h13-16H,5-12H2,1-4H3,(H,27,29). The molecule has 4 rings (SSSR count). The average molecular weight is 460 g/mol. The van der Waals surface area contributed by atoms with Crippen LogP contribution < -0.4 is 10.1 Å². The van der Waals surface area contributed by atoms with Crippen LogP contribution in [0.15, 0.2) is 6.33 Å². The number of hydrogen-bond donors (Lipinski definition) is 1. The topological polar surface area (TPSA) is 90.4 Å². The van der Waals surface area contributed by atoms with E-state index in [1.54, 1.807) is 17.7 Å². The maximum Gasteiger partial charge on any atom is 0.408 e.